The summed E-state index contributed by atoms with van der Waals surface area (Å²) >= 11 is 0. The van der Waals surface area contributed by atoms with Crippen molar-refractivity contribution < 1.29 is 9.68 Å². The average molecular weight is 158 g/mol. The second kappa shape index (κ2) is 5.74. The minimum atomic E-state index is 0.0525. The molecular weight excluding hydrogens is 144 g/mol. The van der Waals surface area contributed by atoms with Crippen LogP contribution in [0.4, 0.5) is 0 Å². The van der Waals surface area contributed by atoms with Crippen molar-refractivity contribution in [3.8, 4) is 0 Å². The van der Waals surface area contributed by atoms with Crippen molar-refractivity contribution in [2.24, 2.45) is 10.3 Å². The number of rotatable bonds is 4. The first kappa shape index (κ1) is 9.98. The van der Waals surface area contributed by atoms with Gasteiger partial charge in [-0.2, -0.15) is 0 Å². The average Bonchev–Trinajstić information content (AvgIpc) is 1.85. The van der Waals surface area contributed by atoms with Crippen LogP contribution in [0.3, 0.4) is 0 Å². The van der Waals surface area contributed by atoms with Crippen molar-refractivity contribution in [1.29, 1.82) is 0 Å². The molecule has 0 rings (SSSR count). The maximum Gasteiger partial charge on any atom is 0.180 e. The fourth-order valence-corrected chi connectivity index (χ4v) is 0.275. The molecule has 64 valence electrons. The van der Waals surface area contributed by atoms with Gasteiger partial charge in [-0.3, -0.25) is 0 Å². The predicted molar refractivity (Wildman–Crippen MR) is 42.3 cm³/mol. The number of hydrogen-bond donors (Lipinski definition) is 0. The summed E-state index contributed by atoms with van der Waals surface area (Å²) in [5, 5.41) is 6.80. The van der Waals surface area contributed by atoms with Crippen LogP contribution < -0.4 is 0 Å². The normalized spacial score (nSPS) is 9.27. The molecule has 0 unspecified atom stereocenters. The highest BCUT2D eigenvalue weighted by Crippen LogP contribution is 1.87. The van der Waals surface area contributed by atoms with Gasteiger partial charge in [-0.15, -0.1) is 0 Å². The lowest BCUT2D eigenvalue weighted by molar-refractivity contribution is 0.0754. The van der Waals surface area contributed by atoms with Crippen molar-refractivity contribution in [3.63, 3.8) is 0 Å². The topological polar surface area (TPSA) is 43.2 Å². The lowest BCUT2D eigenvalue weighted by Crippen LogP contribution is -1.96. The molecule has 0 N–H and O–H groups in total. The summed E-state index contributed by atoms with van der Waals surface area (Å²) in [6.45, 7) is 7.48. The molecule has 0 heterocycles. The molecule has 0 spiro atoms. The van der Waals surface area contributed by atoms with E-state index in [9.17, 15) is 0 Å². The van der Waals surface area contributed by atoms with Crippen LogP contribution in [0.15, 0.2) is 10.3 Å². The molecule has 0 radical (unpaired) electrons. The molecule has 0 fully saturated rings. The van der Waals surface area contributed by atoms with E-state index < -0.39 is 0 Å². The van der Waals surface area contributed by atoms with Crippen LogP contribution in [0.5, 0.6) is 0 Å². The van der Waals surface area contributed by atoms with Gasteiger partial charge >= 0.3 is 0 Å². The standard InChI is InChI=1S/C7H14N2O2/c1-6(2)10-8-5-9-11-7(3)4/h6-7H,1-4H3. The van der Waals surface area contributed by atoms with E-state index >= 15 is 0 Å². The highest BCUT2D eigenvalue weighted by Gasteiger charge is 1.87. The summed E-state index contributed by atoms with van der Waals surface area (Å²) in [7, 11) is 0. The summed E-state index contributed by atoms with van der Waals surface area (Å²) in [5.74, 6) is 0. The first-order valence-electron chi connectivity index (χ1n) is 3.59. The van der Waals surface area contributed by atoms with Gasteiger partial charge in [0.15, 0.2) is 6.01 Å². The van der Waals surface area contributed by atoms with E-state index in [0.29, 0.717) is 0 Å². The molecule has 0 amide bonds. The Labute approximate surface area is 66.9 Å². The predicted octanol–water partition coefficient (Wildman–Crippen LogP) is 1.84. The molecule has 0 aromatic heterocycles. The van der Waals surface area contributed by atoms with Crippen LogP contribution in [-0.2, 0) is 9.68 Å². The number of nitrogens with zero attached hydrogens (tertiary/aromatic N) is 2. The summed E-state index contributed by atoms with van der Waals surface area (Å²) in [4.78, 5) is 9.53. The molecule has 0 aliphatic rings. The molecule has 0 saturated carbocycles. The van der Waals surface area contributed by atoms with Crippen molar-refractivity contribution in [1.82, 2.24) is 0 Å². The monoisotopic (exact) mass is 158 g/mol. The molecule has 4 nitrogen and oxygen atoms in total. The Hall–Kier alpha value is -1.02. The molecule has 4 heteroatoms. The molecular formula is C7H14N2O2. The van der Waals surface area contributed by atoms with Gasteiger partial charge in [0.25, 0.3) is 0 Å². The van der Waals surface area contributed by atoms with E-state index in [1.807, 2.05) is 27.7 Å². The Balaban J connectivity index is 3.47. The SMILES string of the molecule is CC(C)ON=C=NOC(C)C. The van der Waals surface area contributed by atoms with Crippen molar-refractivity contribution in [2.75, 3.05) is 0 Å². The second-order valence-corrected chi connectivity index (χ2v) is 2.59. The van der Waals surface area contributed by atoms with Gasteiger partial charge in [-0.1, -0.05) is 0 Å². The highest BCUT2D eigenvalue weighted by atomic mass is 16.7. The van der Waals surface area contributed by atoms with E-state index in [0.717, 1.165) is 0 Å². The Morgan fingerprint density at radius 1 is 0.909 bits per heavy atom. The van der Waals surface area contributed by atoms with E-state index in [1.165, 1.54) is 0 Å². The lowest BCUT2D eigenvalue weighted by Gasteiger charge is -1.98. The molecule has 0 aromatic rings. The van der Waals surface area contributed by atoms with Gasteiger partial charge in [-0.05, 0) is 38.0 Å². The summed E-state index contributed by atoms with van der Waals surface area (Å²) in [5.41, 5.74) is 0. The zero-order valence-electron chi connectivity index (χ0n) is 7.37. The molecule has 11 heavy (non-hydrogen) atoms. The van der Waals surface area contributed by atoms with E-state index in [-0.39, 0.29) is 12.2 Å². The smallest absolute Gasteiger partial charge is 0.180 e. The van der Waals surface area contributed by atoms with Gasteiger partial charge < -0.3 is 9.68 Å². The molecule has 0 bridgehead atoms. The van der Waals surface area contributed by atoms with Crippen LogP contribution >= 0.6 is 0 Å². The van der Waals surface area contributed by atoms with Gasteiger partial charge in [0, 0.05) is 0 Å². The van der Waals surface area contributed by atoms with Crippen LogP contribution in [0.1, 0.15) is 27.7 Å². The molecule has 0 aromatic carbocycles. The Kier molecular flexibility index (Phi) is 5.21. The zero-order chi connectivity index (χ0) is 8.69. The third kappa shape index (κ3) is 8.98. The van der Waals surface area contributed by atoms with Crippen LogP contribution in [0.25, 0.3) is 0 Å². The van der Waals surface area contributed by atoms with E-state index in [1.54, 1.807) is 0 Å². The van der Waals surface area contributed by atoms with E-state index in [2.05, 4.69) is 16.3 Å². The fourth-order valence-electron chi connectivity index (χ4n) is 0.275. The molecule has 0 aliphatic heterocycles. The van der Waals surface area contributed by atoms with Crippen LogP contribution in [0.2, 0.25) is 0 Å². The van der Waals surface area contributed by atoms with Gasteiger partial charge in [0.05, 0.1) is 0 Å². The fraction of sp³-hybridized carbons (Fsp3) is 0.857. The minimum absolute atomic E-state index is 0.0525. The third-order valence-electron chi connectivity index (χ3n) is 0.609. The Bertz CT molecular complexity index is 135. The van der Waals surface area contributed by atoms with Gasteiger partial charge in [-0.25, -0.2) is 0 Å². The Morgan fingerprint density at radius 2 is 1.27 bits per heavy atom. The van der Waals surface area contributed by atoms with E-state index in [4.69, 9.17) is 9.68 Å². The first-order valence-corrected chi connectivity index (χ1v) is 3.59. The van der Waals surface area contributed by atoms with Crippen molar-refractivity contribution in [3.05, 3.63) is 0 Å². The highest BCUT2D eigenvalue weighted by molar-refractivity contribution is 5.38. The third-order valence-corrected chi connectivity index (χ3v) is 0.609. The Morgan fingerprint density at radius 3 is 1.55 bits per heavy atom. The second-order valence-electron chi connectivity index (χ2n) is 2.59. The largest absolute Gasteiger partial charge is 0.385 e. The summed E-state index contributed by atoms with van der Waals surface area (Å²) in [6.07, 6.45) is 0.105. The summed E-state index contributed by atoms with van der Waals surface area (Å²) in [6, 6.07) is 2.25. The lowest BCUT2D eigenvalue weighted by atomic mass is 10.5. The van der Waals surface area contributed by atoms with Crippen molar-refractivity contribution >= 4 is 6.01 Å². The van der Waals surface area contributed by atoms with Gasteiger partial charge in [0.2, 0.25) is 0 Å². The zero-order valence-corrected chi connectivity index (χ0v) is 7.37. The maximum atomic E-state index is 4.76. The van der Waals surface area contributed by atoms with Crippen molar-refractivity contribution in [2.45, 2.75) is 39.9 Å². The first-order chi connectivity index (χ1) is 5.13. The number of hydrogen-bond acceptors (Lipinski definition) is 4. The quantitative estimate of drug-likeness (QED) is 0.462. The molecule has 0 atom stereocenters. The molecule has 0 aliphatic carbocycles. The molecule has 0 saturated heterocycles. The summed E-state index contributed by atoms with van der Waals surface area (Å²) < 4.78 is 0. The maximum absolute atomic E-state index is 4.76. The van der Waals surface area contributed by atoms with Crippen LogP contribution in [-0.4, -0.2) is 18.2 Å². The minimum Gasteiger partial charge on any atom is -0.385 e. The van der Waals surface area contributed by atoms with Gasteiger partial charge in [0.1, 0.15) is 12.2 Å². The van der Waals surface area contributed by atoms with Crippen LogP contribution in [0, 0.1) is 0 Å².